The van der Waals surface area contributed by atoms with Crippen LogP contribution in [0.5, 0.6) is 5.75 Å². The molecular formula is C19H22O2. The fourth-order valence-corrected chi connectivity index (χ4v) is 2.30. The van der Waals surface area contributed by atoms with Crippen molar-refractivity contribution in [2.75, 3.05) is 6.61 Å². The lowest BCUT2D eigenvalue weighted by atomic mass is 10.0. The van der Waals surface area contributed by atoms with Gasteiger partial charge >= 0.3 is 0 Å². The maximum absolute atomic E-state index is 12.2. The molecule has 0 fully saturated rings. The highest BCUT2D eigenvalue weighted by atomic mass is 16.5. The molecule has 0 amide bonds. The van der Waals surface area contributed by atoms with Crippen LogP contribution in [-0.4, -0.2) is 12.4 Å². The number of ketones is 1. The van der Waals surface area contributed by atoms with Gasteiger partial charge < -0.3 is 4.74 Å². The summed E-state index contributed by atoms with van der Waals surface area (Å²) in [5.74, 6) is 0.961. The Hall–Kier alpha value is -2.09. The quantitative estimate of drug-likeness (QED) is 0.694. The molecule has 0 aliphatic rings. The highest BCUT2D eigenvalue weighted by molar-refractivity contribution is 5.96. The molecular weight excluding hydrogens is 260 g/mol. The summed E-state index contributed by atoms with van der Waals surface area (Å²) in [7, 11) is 0. The van der Waals surface area contributed by atoms with Crippen molar-refractivity contribution in [3.63, 3.8) is 0 Å². The van der Waals surface area contributed by atoms with E-state index in [0.717, 1.165) is 29.7 Å². The molecule has 21 heavy (non-hydrogen) atoms. The molecule has 2 aromatic carbocycles. The molecule has 0 N–H and O–H groups in total. The first-order valence-electron chi connectivity index (χ1n) is 7.50. The van der Waals surface area contributed by atoms with Crippen LogP contribution in [0.25, 0.3) is 0 Å². The molecule has 0 radical (unpaired) electrons. The highest BCUT2D eigenvalue weighted by Gasteiger charge is 2.07. The first-order chi connectivity index (χ1) is 10.2. The van der Waals surface area contributed by atoms with Crippen molar-refractivity contribution in [3.8, 4) is 5.75 Å². The molecule has 110 valence electrons. The topological polar surface area (TPSA) is 26.3 Å². The number of carbonyl (C=O) groups is 1. The first-order valence-corrected chi connectivity index (χ1v) is 7.50. The SMILES string of the molecule is CCCc1cccc(C(=O)CCOc2cccc(C)c2)c1. The third kappa shape index (κ3) is 4.75. The summed E-state index contributed by atoms with van der Waals surface area (Å²) in [6.45, 7) is 4.59. The van der Waals surface area contributed by atoms with E-state index in [9.17, 15) is 4.79 Å². The molecule has 0 aliphatic carbocycles. The molecule has 0 aliphatic heterocycles. The highest BCUT2D eigenvalue weighted by Crippen LogP contribution is 2.14. The maximum atomic E-state index is 12.2. The number of Topliss-reactive ketones (excluding diaryl/α,β-unsaturated/α-hetero) is 1. The molecule has 2 heteroatoms. The standard InChI is InChI=1S/C19H22O2/c1-3-6-16-8-5-9-17(14-16)19(20)11-12-21-18-10-4-7-15(2)13-18/h4-5,7-10,13-14H,3,6,11-12H2,1-2H3. The third-order valence-electron chi connectivity index (χ3n) is 3.38. The molecule has 0 aromatic heterocycles. The van der Waals surface area contributed by atoms with Crippen LogP contribution in [0.2, 0.25) is 0 Å². The summed E-state index contributed by atoms with van der Waals surface area (Å²) in [6.07, 6.45) is 2.51. The summed E-state index contributed by atoms with van der Waals surface area (Å²) in [6, 6.07) is 15.8. The Labute approximate surface area is 126 Å². The van der Waals surface area contributed by atoms with Crippen LogP contribution >= 0.6 is 0 Å². The molecule has 2 rings (SSSR count). The van der Waals surface area contributed by atoms with Gasteiger partial charge in [-0.25, -0.2) is 0 Å². The van der Waals surface area contributed by atoms with Gasteiger partial charge in [0.15, 0.2) is 5.78 Å². The lowest BCUT2D eigenvalue weighted by molar-refractivity contribution is 0.0962. The van der Waals surface area contributed by atoms with Gasteiger partial charge in [-0.2, -0.15) is 0 Å². The Morgan fingerprint density at radius 2 is 1.90 bits per heavy atom. The van der Waals surface area contributed by atoms with E-state index in [1.807, 2.05) is 49.4 Å². The Morgan fingerprint density at radius 3 is 2.67 bits per heavy atom. The summed E-state index contributed by atoms with van der Waals surface area (Å²) in [4.78, 5) is 12.2. The van der Waals surface area contributed by atoms with E-state index in [1.165, 1.54) is 5.56 Å². The van der Waals surface area contributed by atoms with Gasteiger partial charge in [-0.05, 0) is 42.7 Å². The van der Waals surface area contributed by atoms with Gasteiger partial charge in [0.2, 0.25) is 0 Å². The lowest BCUT2D eigenvalue weighted by Crippen LogP contribution is -2.07. The predicted molar refractivity (Wildman–Crippen MR) is 86.1 cm³/mol. The lowest BCUT2D eigenvalue weighted by Gasteiger charge is -2.07. The van der Waals surface area contributed by atoms with Crippen LogP contribution < -0.4 is 4.74 Å². The zero-order valence-corrected chi connectivity index (χ0v) is 12.8. The van der Waals surface area contributed by atoms with Crippen LogP contribution in [0.4, 0.5) is 0 Å². The summed E-state index contributed by atoms with van der Waals surface area (Å²) in [5, 5.41) is 0. The van der Waals surface area contributed by atoms with E-state index < -0.39 is 0 Å². The second kappa shape index (κ2) is 7.63. The van der Waals surface area contributed by atoms with Crippen molar-refractivity contribution in [2.45, 2.75) is 33.1 Å². The Balaban J connectivity index is 1.88. The van der Waals surface area contributed by atoms with Crippen molar-refractivity contribution < 1.29 is 9.53 Å². The minimum atomic E-state index is 0.139. The third-order valence-corrected chi connectivity index (χ3v) is 3.38. The molecule has 2 aromatic rings. The van der Waals surface area contributed by atoms with E-state index in [2.05, 4.69) is 13.0 Å². The van der Waals surface area contributed by atoms with Gasteiger partial charge in [0.25, 0.3) is 0 Å². The maximum Gasteiger partial charge on any atom is 0.166 e. The zero-order valence-electron chi connectivity index (χ0n) is 12.8. The van der Waals surface area contributed by atoms with Crippen LogP contribution in [0.15, 0.2) is 48.5 Å². The predicted octanol–water partition coefficient (Wildman–Crippen LogP) is 4.60. The van der Waals surface area contributed by atoms with Gasteiger partial charge in [0.05, 0.1) is 6.61 Å². The van der Waals surface area contributed by atoms with Crippen LogP contribution in [0.1, 0.15) is 41.3 Å². The molecule has 2 nitrogen and oxygen atoms in total. The van der Waals surface area contributed by atoms with Gasteiger partial charge in [-0.1, -0.05) is 43.7 Å². The number of ether oxygens (including phenoxy) is 1. The van der Waals surface area contributed by atoms with Crippen LogP contribution in [0.3, 0.4) is 0 Å². The van der Waals surface area contributed by atoms with E-state index in [0.29, 0.717) is 13.0 Å². The van der Waals surface area contributed by atoms with Gasteiger partial charge in [0, 0.05) is 12.0 Å². The van der Waals surface area contributed by atoms with Crippen molar-refractivity contribution in [2.24, 2.45) is 0 Å². The number of benzene rings is 2. The summed E-state index contributed by atoms with van der Waals surface area (Å²) in [5.41, 5.74) is 3.17. The van der Waals surface area contributed by atoms with E-state index in [-0.39, 0.29) is 5.78 Å². The number of carbonyl (C=O) groups excluding carboxylic acids is 1. The fourth-order valence-electron chi connectivity index (χ4n) is 2.30. The molecule has 0 atom stereocenters. The minimum Gasteiger partial charge on any atom is -0.493 e. The Bertz CT molecular complexity index is 602. The monoisotopic (exact) mass is 282 g/mol. The van der Waals surface area contributed by atoms with E-state index in [4.69, 9.17) is 4.74 Å². The molecule has 0 saturated heterocycles. The van der Waals surface area contributed by atoms with Gasteiger partial charge in [-0.3, -0.25) is 4.79 Å². The number of aryl methyl sites for hydroxylation is 2. The number of hydrogen-bond acceptors (Lipinski definition) is 2. The van der Waals surface area contributed by atoms with Crippen LogP contribution in [-0.2, 0) is 6.42 Å². The zero-order chi connectivity index (χ0) is 15.1. The number of hydrogen-bond donors (Lipinski definition) is 0. The minimum absolute atomic E-state index is 0.139. The second-order valence-electron chi connectivity index (χ2n) is 5.29. The van der Waals surface area contributed by atoms with Crippen molar-refractivity contribution >= 4 is 5.78 Å². The molecule has 0 saturated carbocycles. The molecule has 0 bridgehead atoms. The molecule has 0 unspecified atom stereocenters. The Morgan fingerprint density at radius 1 is 1.10 bits per heavy atom. The first kappa shape index (κ1) is 15.3. The van der Waals surface area contributed by atoms with E-state index in [1.54, 1.807) is 0 Å². The molecule has 0 spiro atoms. The van der Waals surface area contributed by atoms with Crippen molar-refractivity contribution in [1.29, 1.82) is 0 Å². The van der Waals surface area contributed by atoms with Gasteiger partial charge in [0.1, 0.15) is 5.75 Å². The van der Waals surface area contributed by atoms with Gasteiger partial charge in [-0.15, -0.1) is 0 Å². The fraction of sp³-hybridized carbons (Fsp3) is 0.316. The van der Waals surface area contributed by atoms with Crippen LogP contribution in [0, 0.1) is 6.92 Å². The average molecular weight is 282 g/mol. The summed E-state index contributed by atoms with van der Waals surface area (Å²) >= 11 is 0. The largest absolute Gasteiger partial charge is 0.493 e. The summed E-state index contributed by atoms with van der Waals surface area (Å²) < 4.78 is 5.64. The second-order valence-corrected chi connectivity index (χ2v) is 5.29. The van der Waals surface area contributed by atoms with E-state index >= 15 is 0 Å². The average Bonchev–Trinajstić information content (AvgIpc) is 2.48. The van der Waals surface area contributed by atoms with Crippen molar-refractivity contribution in [3.05, 3.63) is 65.2 Å². The normalized spacial score (nSPS) is 10.4. The molecule has 0 heterocycles. The van der Waals surface area contributed by atoms with Crippen molar-refractivity contribution in [1.82, 2.24) is 0 Å². The Kier molecular flexibility index (Phi) is 5.56. The number of rotatable bonds is 7. The smallest absolute Gasteiger partial charge is 0.166 e.